The second-order valence-electron chi connectivity index (χ2n) is 5.06. The van der Waals surface area contributed by atoms with Crippen molar-refractivity contribution in [1.29, 1.82) is 0 Å². The molecule has 0 spiro atoms. The van der Waals surface area contributed by atoms with Crippen molar-refractivity contribution < 1.29 is 9.90 Å². The summed E-state index contributed by atoms with van der Waals surface area (Å²) in [4.78, 5) is 15.1. The van der Waals surface area contributed by atoms with Crippen molar-refractivity contribution in [3.8, 4) is 0 Å². The van der Waals surface area contributed by atoms with E-state index in [2.05, 4.69) is 10.3 Å². The zero-order valence-electron chi connectivity index (χ0n) is 11.8. The topological polar surface area (TPSA) is 88.2 Å². The van der Waals surface area contributed by atoms with Crippen LogP contribution >= 0.6 is 23.2 Å². The lowest BCUT2D eigenvalue weighted by molar-refractivity contribution is 0.0714. The third kappa shape index (κ3) is 3.88. The Kier molecular flexibility index (Phi) is 4.90. The molecule has 0 bridgehead atoms. The van der Waals surface area contributed by atoms with Gasteiger partial charge in [0.15, 0.2) is 0 Å². The summed E-state index contributed by atoms with van der Waals surface area (Å²) in [6, 6.07) is 8.38. The molecule has 1 aromatic carbocycles. The van der Waals surface area contributed by atoms with Crippen LogP contribution in [0.2, 0.25) is 10.0 Å². The number of rotatable bonds is 5. The Morgan fingerprint density at radius 2 is 2.14 bits per heavy atom. The maximum atomic E-state index is 11.0. The van der Waals surface area contributed by atoms with Gasteiger partial charge in [-0.1, -0.05) is 35.3 Å². The third-order valence-electron chi connectivity index (χ3n) is 3.17. The summed E-state index contributed by atoms with van der Waals surface area (Å²) in [7, 11) is 0. The highest BCUT2D eigenvalue weighted by molar-refractivity contribution is 6.33. The van der Waals surface area contributed by atoms with Gasteiger partial charge in [0.1, 0.15) is 11.4 Å². The molecule has 1 amide bonds. The van der Waals surface area contributed by atoms with Gasteiger partial charge in [-0.15, -0.1) is 0 Å². The minimum absolute atomic E-state index is 0.163. The molecular weight excluding hydrogens is 325 g/mol. The van der Waals surface area contributed by atoms with E-state index >= 15 is 0 Å². The Morgan fingerprint density at radius 1 is 1.41 bits per heavy atom. The number of anilines is 1. The average molecular weight is 340 g/mol. The maximum Gasteiger partial charge on any atom is 0.250 e. The number of nitrogens with two attached hydrogens (primary N) is 1. The molecule has 116 valence electrons. The largest absolute Gasteiger partial charge is 0.384 e. The second-order valence-corrected chi connectivity index (χ2v) is 5.90. The number of pyridine rings is 1. The molecule has 0 aliphatic heterocycles. The molecule has 0 saturated heterocycles. The van der Waals surface area contributed by atoms with Crippen LogP contribution in [-0.4, -0.2) is 22.5 Å². The fourth-order valence-corrected chi connectivity index (χ4v) is 2.31. The van der Waals surface area contributed by atoms with Crippen molar-refractivity contribution in [1.82, 2.24) is 4.98 Å². The maximum absolute atomic E-state index is 11.0. The number of hydrogen-bond acceptors (Lipinski definition) is 4. The van der Waals surface area contributed by atoms with Gasteiger partial charge >= 0.3 is 0 Å². The zero-order chi connectivity index (χ0) is 16.3. The van der Waals surface area contributed by atoms with Crippen LogP contribution in [0.1, 0.15) is 22.8 Å². The van der Waals surface area contributed by atoms with E-state index in [-0.39, 0.29) is 17.1 Å². The highest BCUT2D eigenvalue weighted by Gasteiger charge is 2.23. The predicted octanol–water partition coefficient (Wildman–Crippen LogP) is 2.81. The van der Waals surface area contributed by atoms with E-state index in [1.54, 1.807) is 31.2 Å². The molecule has 22 heavy (non-hydrogen) atoms. The number of nitrogens with one attached hydrogen (secondary N) is 1. The second kappa shape index (κ2) is 6.52. The average Bonchev–Trinajstić information content (AvgIpc) is 2.46. The fourth-order valence-electron chi connectivity index (χ4n) is 1.88. The third-order valence-corrected chi connectivity index (χ3v) is 3.70. The first kappa shape index (κ1) is 16.5. The molecule has 2 aromatic rings. The molecule has 0 aliphatic rings. The van der Waals surface area contributed by atoms with Crippen LogP contribution in [0.5, 0.6) is 0 Å². The fraction of sp³-hybridized carbons (Fsp3) is 0.200. The van der Waals surface area contributed by atoms with Crippen molar-refractivity contribution >= 4 is 34.9 Å². The van der Waals surface area contributed by atoms with E-state index in [1.165, 1.54) is 12.3 Å². The molecule has 1 aromatic heterocycles. The number of halogens is 2. The summed E-state index contributed by atoms with van der Waals surface area (Å²) in [6.45, 7) is 1.81. The number of benzene rings is 1. The van der Waals surface area contributed by atoms with Gasteiger partial charge in [0, 0.05) is 17.8 Å². The molecule has 0 fully saturated rings. The molecule has 2 rings (SSSR count). The number of hydrogen-bond donors (Lipinski definition) is 3. The first-order valence-corrected chi connectivity index (χ1v) is 7.23. The molecule has 1 unspecified atom stereocenters. The number of aromatic nitrogens is 1. The SMILES string of the molecule is CC(O)(CNc1ncc(C(N)=O)cc1Cl)c1cccc(Cl)c1. The smallest absolute Gasteiger partial charge is 0.250 e. The van der Waals surface area contributed by atoms with Crippen LogP contribution < -0.4 is 11.1 Å². The van der Waals surface area contributed by atoms with Gasteiger partial charge in [-0.2, -0.15) is 0 Å². The van der Waals surface area contributed by atoms with Gasteiger partial charge in [-0.3, -0.25) is 4.79 Å². The van der Waals surface area contributed by atoms with E-state index < -0.39 is 11.5 Å². The van der Waals surface area contributed by atoms with E-state index in [1.807, 2.05) is 0 Å². The van der Waals surface area contributed by atoms with E-state index in [0.29, 0.717) is 16.4 Å². The first-order chi connectivity index (χ1) is 10.3. The molecule has 7 heteroatoms. The van der Waals surface area contributed by atoms with Crippen molar-refractivity contribution in [2.45, 2.75) is 12.5 Å². The standard InChI is InChI=1S/C15H15Cl2N3O2/c1-15(22,10-3-2-4-11(16)6-10)8-20-14-12(17)5-9(7-19-14)13(18)21/h2-7,22H,8H2,1H3,(H2,18,21)(H,19,20). The number of amides is 1. The highest BCUT2D eigenvalue weighted by atomic mass is 35.5. The number of nitrogens with zero attached hydrogens (tertiary/aromatic N) is 1. The van der Waals surface area contributed by atoms with E-state index in [4.69, 9.17) is 28.9 Å². The summed E-state index contributed by atoms with van der Waals surface area (Å²) in [5.74, 6) is -0.249. The lowest BCUT2D eigenvalue weighted by Crippen LogP contribution is -2.31. The minimum Gasteiger partial charge on any atom is -0.384 e. The van der Waals surface area contributed by atoms with Gasteiger partial charge in [0.2, 0.25) is 5.91 Å². The van der Waals surface area contributed by atoms with Crippen molar-refractivity contribution in [3.05, 3.63) is 57.7 Å². The Bertz CT molecular complexity index is 705. The Labute approximate surface area is 138 Å². The lowest BCUT2D eigenvalue weighted by atomic mass is 9.96. The first-order valence-electron chi connectivity index (χ1n) is 6.47. The molecule has 1 heterocycles. The van der Waals surface area contributed by atoms with Crippen LogP contribution in [0.15, 0.2) is 36.5 Å². The molecule has 5 nitrogen and oxygen atoms in total. The lowest BCUT2D eigenvalue weighted by Gasteiger charge is -2.25. The highest BCUT2D eigenvalue weighted by Crippen LogP contribution is 2.26. The molecular formula is C15H15Cl2N3O2. The van der Waals surface area contributed by atoms with Crippen LogP contribution in [0, 0.1) is 0 Å². The Hall–Kier alpha value is -1.82. The monoisotopic (exact) mass is 339 g/mol. The van der Waals surface area contributed by atoms with Crippen LogP contribution in [-0.2, 0) is 5.60 Å². The number of carbonyl (C=O) groups excluding carboxylic acids is 1. The summed E-state index contributed by atoms with van der Waals surface area (Å²) >= 11 is 12.0. The Balaban J connectivity index is 2.13. The minimum atomic E-state index is -1.17. The molecule has 1 atom stereocenters. The summed E-state index contributed by atoms with van der Waals surface area (Å²) in [5, 5.41) is 14.3. The molecule has 0 saturated carbocycles. The number of aliphatic hydroxyl groups is 1. The van der Waals surface area contributed by atoms with Crippen LogP contribution in [0.3, 0.4) is 0 Å². The van der Waals surface area contributed by atoms with Crippen molar-refractivity contribution in [2.24, 2.45) is 5.73 Å². The van der Waals surface area contributed by atoms with Gasteiger partial charge in [-0.25, -0.2) is 4.98 Å². The van der Waals surface area contributed by atoms with Crippen LogP contribution in [0.25, 0.3) is 0 Å². The summed E-state index contributed by atoms with van der Waals surface area (Å²) in [5.41, 5.74) is 4.87. The molecule has 4 N–H and O–H groups in total. The van der Waals surface area contributed by atoms with Gasteiger partial charge in [0.05, 0.1) is 10.6 Å². The van der Waals surface area contributed by atoms with Crippen LogP contribution in [0.4, 0.5) is 5.82 Å². The van der Waals surface area contributed by atoms with Crippen molar-refractivity contribution in [2.75, 3.05) is 11.9 Å². The number of primary amides is 1. The van der Waals surface area contributed by atoms with E-state index in [9.17, 15) is 9.90 Å². The van der Waals surface area contributed by atoms with E-state index in [0.717, 1.165) is 0 Å². The van der Waals surface area contributed by atoms with Gasteiger partial charge in [-0.05, 0) is 30.7 Å². The quantitative estimate of drug-likeness (QED) is 0.781. The normalized spacial score (nSPS) is 13.5. The van der Waals surface area contributed by atoms with Gasteiger partial charge in [0.25, 0.3) is 0 Å². The van der Waals surface area contributed by atoms with Gasteiger partial charge < -0.3 is 16.2 Å². The molecule has 0 radical (unpaired) electrons. The summed E-state index contributed by atoms with van der Waals surface area (Å²) in [6.07, 6.45) is 1.32. The van der Waals surface area contributed by atoms with Crippen molar-refractivity contribution in [3.63, 3.8) is 0 Å². The predicted molar refractivity (Wildman–Crippen MR) is 87.3 cm³/mol. The Morgan fingerprint density at radius 3 is 2.73 bits per heavy atom. The zero-order valence-corrected chi connectivity index (χ0v) is 13.3. The summed E-state index contributed by atoms with van der Waals surface area (Å²) < 4.78 is 0. The molecule has 0 aliphatic carbocycles. The number of carbonyl (C=O) groups is 1.